The number of aromatic nitrogens is 2. The standard InChI is InChI=1S/C19H25N3O3S/c1-11(2)14-7-5-6-12(3)17(14)21-16(24)10-26-19-20-13(4)15(8-9-23)18(25)22-19/h5-7,11,23H,8-10H2,1-4H3,(H,21,24)(H,20,22,25). The fraction of sp³-hybridized carbons (Fsp3) is 0.421. The third-order valence-corrected chi connectivity index (χ3v) is 4.97. The lowest BCUT2D eigenvalue weighted by atomic mass is 9.98. The lowest BCUT2D eigenvalue weighted by Gasteiger charge is -2.16. The highest BCUT2D eigenvalue weighted by atomic mass is 32.2. The number of carbonyl (C=O) groups excluding carboxylic acids is 1. The number of hydrogen-bond donors (Lipinski definition) is 3. The first-order chi connectivity index (χ1) is 12.3. The van der Waals surface area contributed by atoms with Crippen LogP contribution in [0.4, 0.5) is 5.69 Å². The van der Waals surface area contributed by atoms with Crippen LogP contribution < -0.4 is 10.9 Å². The molecule has 1 heterocycles. The normalized spacial score (nSPS) is 11.0. The number of aromatic amines is 1. The van der Waals surface area contributed by atoms with Crippen molar-refractivity contribution in [1.82, 2.24) is 9.97 Å². The molecule has 26 heavy (non-hydrogen) atoms. The maximum absolute atomic E-state index is 12.4. The van der Waals surface area contributed by atoms with Crippen molar-refractivity contribution in [3.63, 3.8) is 0 Å². The van der Waals surface area contributed by atoms with Crippen molar-refractivity contribution in [3.8, 4) is 0 Å². The Bertz CT molecular complexity index is 846. The summed E-state index contributed by atoms with van der Waals surface area (Å²) in [6.07, 6.45) is 0.269. The average molecular weight is 375 g/mol. The summed E-state index contributed by atoms with van der Waals surface area (Å²) >= 11 is 1.18. The van der Waals surface area contributed by atoms with E-state index in [-0.39, 0.29) is 30.2 Å². The number of aliphatic hydroxyl groups is 1. The number of H-pyrrole nitrogens is 1. The van der Waals surface area contributed by atoms with Crippen LogP contribution in [0.15, 0.2) is 28.2 Å². The van der Waals surface area contributed by atoms with Crippen LogP contribution >= 0.6 is 11.8 Å². The molecule has 7 heteroatoms. The summed E-state index contributed by atoms with van der Waals surface area (Å²) in [4.78, 5) is 31.4. The average Bonchev–Trinajstić information content (AvgIpc) is 2.58. The van der Waals surface area contributed by atoms with E-state index in [0.29, 0.717) is 22.3 Å². The van der Waals surface area contributed by atoms with Crippen LogP contribution in [0.5, 0.6) is 0 Å². The first kappa shape index (κ1) is 20.2. The minimum Gasteiger partial charge on any atom is -0.396 e. The molecule has 3 N–H and O–H groups in total. The zero-order chi connectivity index (χ0) is 19.3. The van der Waals surface area contributed by atoms with Crippen LogP contribution in [0.25, 0.3) is 0 Å². The van der Waals surface area contributed by atoms with E-state index in [0.717, 1.165) is 16.8 Å². The highest BCUT2D eigenvalue weighted by molar-refractivity contribution is 7.99. The second-order valence-corrected chi connectivity index (χ2v) is 7.40. The minimum absolute atomic E-state index is 0.102. The van der Waals surface area contributed by atoms with Gasteiger partial charge in [-0.25, -0.2) is 4.98 Å². The maximum Gasteiger partial charge on any atom is 0.255 e. The lowest BCUT2D eigenvalue weighted by molar-refractivity contribution is -0.113. The summed E-state index contributed by atoms with van der Waals surface area (Å²) in [7, 11) is 0. The molecular formula is C19H25N3O3S. The Labute approximate surface area is 157 Å². The lowest BCUT2D eigenvalue weighted by Crippen LogP contribution is -2.20. The number of amides is 1. The first-order valence-electron chi connectivity index (χ1n) is 8.56. The number of carbonyl (C=O) groups is 1. The van der Waals surface area contributed by atoms with Crippen molar-refractivity contribution >= 4 is 23.4 Å². The molecule has 2 rings (SSSR count). The number of benzene rings is 1. The highest BCUT2D eigenvalue weighted by Gasteiger charge is 2.14. The third-order valence-electron chi connectivity index (χ3n) is 4.09. The Kier molecular flexibility index (Phi) is 6.99. The van der Waals surface area contributed by atoms with Gasteiger partial charge in [0.05, 0.1) is 5.75 Å². The monoisotopic (exact) mass is 375 g/mol. The van der Waals surface area contributed by atoms with Crippen molar-refractivity contribution in [2.45, 2.75) is 45.2 Å². The zero-order valence-corrected chi connectivity index (χ0v) is 16.4. The van der Waals surface area contributed by atoms with Crippen molar-refractivity contribution in [3.05, 3.63) is 50.9 Å². The Morgan fingerprint density at radius 3 is 2.69 bits per heavy atom. The molecule has 1 amide bonds. The van der Waals surface area contributed by atoms with Gasteiger partial charge in [0, 0.05) is 30.0 Å². The number of hydrogen-bond acceptors (Lipinski definition) is 5. The second kappa shape index (κ2) is 9.00. The van der Waals surface area contributed by atoms with Gasteiger partial charge in [-0.15, -0.1) is 0 Å². The molecule has 0 spiro atoms. The molecule has 1 aromatic heterocycles. The summed E-state index contributed by atoms with van der Waals surface area (Å²) < 4.78 is 0. The maximum atomic E-state index is 12.4. The summed E-state index contributed by atoms with van der Waals surface area (Å²) in [6, 6.07) is 5.97. The van der Waals surface area contributed by atoms with Crippen LogP contribution in [-0.2, 0) is 11.2 Å². The van der Waals surface area contributed by atoms with E-state index in [1.165, 1.54) is 11.8 Å². The van der Waals surface area contributed by atoms with E-state index >= 15 is 0 Å². The number of anilines is 1. The predicted octanol–water partition coefficient (Wildman–Crippen LogP) is 2.78. The predicted molar refractivity (Wildman–Crippen MR) is 105 cm³/mol. The van der Waals surface area contributed by atoms with Gasteiger partial charge in [-0.1, -0.05) is 43.8 Å². The fourth-order valence-corrected chi connectivity index (χ4v) is 3.42. The number of thioether (sulfide) groups is 1. The van der Waals surface area contributed by atoms with E-state index in [4.69, 9.17) is 5.11 Å². The Morgan fingerprint density at radius 1 is 1.35 bits per heavy atom. The van der Waals surface area contributed by atoms with E-state index in [1.54, 1.807) is 6.92 Å². The van der Waals surface area contributed by atoms with Crippen molar-refractivity contribution < 1.29 is 9.90 Å². The van der Waals surface area contributed by atoms with Crippen LogP contribution in [0.2, 0.25) is 0 Å². The van der Waals surface area contributed by atoms with Gasteiger partial charge in [-0.05, 0) is 30.9 Å². The van der Waals surface area contributed by atoms with Crippen LogP contribution in [0.1, 0.15) is 42.1 Å². The quantitative estimate of drug-likeness (QED) is 0.511. The Morgan fingerprint density at radius 2 is 2.08 bits per heavy atom. The van der Waals surface area contributed by atoms with Crippen LogP contribution in [0, 0.1) is 13.8 Å². The van der Waals surface area contributed by atoms with Gasteiger partial charge in [-0.3, -0.25) is 9.59 Å². The molecular weight excluding hydrogens is 350 g/mol. The van der Waals surface area contributed by atoms with Gasteiger partial charge in [-0.2, -0.15) is 0 Å². The number of aryl methyl sites for hydroxylation is 2. The molecule has 0 aliphatic rings. The number of aliphatic hydroxyl groups excluding tert-OH is 1. The van der Waals surface area contributed by atoms with E-state index in [9.17, 15) is 9.59 Å². The van der Waals surface area contributed by atoms with Crippen molar-refractivity contribution in [2.24, 2.45) is 0 Å². The topological polar surface area (TPSA) is 95.1 Å². The van der Waals surface area contributed by atoms with Crippen molar-refractivity contribution in [2.75, 3.05) is 17.7 Å². The molecule has 2 aromatic rings. The number of para-hydroxylation sites is 1. The molecule has 0 fully saturated rings. The van der Waals surface area contributed by atoms with Gasteiger partial charge >= 0.3 is 0 Å². The number of rotatable bonds is 7. The molecule has 0 bridgehead atoms. The molecule has 0 aliphatic carbocycles. The molecule has 6 nitrogen and oxygen atoms in total. The molecule has 0 atom stereocenters. The molecule has 0 radical (unpaired) electrons. The highest BCUT2D eigenvalue weighted by Crippen LogP contribution is 2.27. The summed E-state index contributed by atoms with van der Waals surface area (Å²) in [6.45, 7) is 7.77. The number of nitrogens with one attached hydrogen (secondary N) is 2. The van der Waals surface area contributed by atoms with Crippen LogP contribution in [0.3, 0.4) is 0 Å². The molecule has 140 valence electrons. The first-order valence-corrected chi connectivity index (χ1v) is 9.54. The van der Waals surface area contributed by atoms with Crippen LogP contribution in [-0.4, -0.2) is 33.3 Å². The van der Waals surface area contributed by atoms with Gasteiger partial charge in [0.1, 0.15) is 0 Å². The van der Waals surface area contributed by atoms with Crippen molar-refractivity contribution in [1.29, 1.82) is 0 Å². The smallest absolute Gasteiger partial charge is 0.255 e. The fourth-order valence-electron chi connectivity index (χ4n) is 2.71. The zero-order valence-electron chi connectivity index (χ0n) is 15.5. The second-order valence-electron chi connectivity index (χ2n) is 6.44. The largest absolute Gasteiger partial charge is 0.396 e. The Balaban J connectivity index is 2.08. The SMILES string of the molecule is Cc1cccc(C(C)C)c1NC(=O)CSc1nc(C)c(CCO)c(=O)[nH]1. The molecule has 1 aromatic carbocycles. The summed E-state index contributed by atoms with van der Waals surface area (Å²) in [5, 5.41) is 12.4. The molecule has 0 saturated heterocycles. The molecule has 0 aliphatic heterocycles. The number of nitrogens with zero attached hydrogens (tertiary/aromatic N) is 1. The van der Waals surface area contributed by atoms with E-state index < -0.39 is 0 Å². The summed E-state index contributed by atoms with van der Waals surface area (Å²) in [5.74, 6) is 0.302. The molecule has 0 unspecified atom stereocenters. The van der Waals surface area contributed by atoms with Gasteiger partial charge in [0.25, 0.3) is 5.56 Å². The summed E-state index contributed by atoms with van der Waals surface area (Å²) in [5.41, 5.74) is 3.75. The Hall–Kier alpha value is -2.12. The van der Waals surface area contributed by atoms with Gasteiger partial charge in [0.15, 0.2) is 5.16 Å². The van der Waals surface area contributed by atoms with E-state index in [1.807, 2.05) is 25.1 Å². The van der Waals surface area contributed by atoms with Gasteiger partial charge < -0.3 is 15.4 Å². The molecule has 0 saturated carbocycles. The third kappa shape index (κ3) is 4.95. The van der Waals surface area contributed by atoms with E-state index in [2.05, 4.69) is 29.1 Å². The van der Waals surface area contributed by atoms with Gasteiger partial charge in [0.2, 0.25) is 5.91 Å². The minimum atomic E-state index is -0.268.